The Morgan fingerprint density at radius 1 is 1.42 bits per heavy atom. The van der Waals surface area contributed by atoms with Gasteiger partial charge < -0.3 is 5.32 Å². The van der Waals surface area contributed by atoms with Gasteiger partial charge in [0.2, 0.25) is 0 Å². The number of rotatable bonds is 5. The van der Waals surface area contributed by atoms with Crippen molar-refractivity contribution in [3.63, 3.8) is 0 Å². The molecule has 1 atom stereocenters. The fraction of sp³-hybridized carbons (Fsp3) is 1.00. The molecule has 2 heteroatoms. The Kier molecular flexibility index (Phi) is 4.62. The molecule has 0 aromatic carbocycles. The maximum atomic E-state index is 3.38. The smallest absolute Gasteiger partial charge is 0.0110 e. The van der Waals surface area contributed by atoms with Crippen LogP contribution in [0.1, 0.15) is 33.1 Å². The number of nitrogens with zero attached hydrogens (tertiary/aromatic N) is 1. The van der Waals surface area contributed by atoms with Gasteiger partial charge in [-0.05, 0) is 32.4 Å². The molecule has 0 amide bonds. The molecule has 1 aliphatic rings. The third-order valence-electron chi connectivity index (χ3n) is 2.80. The summed E-state index contributed by atoms with van der Waals surface area (Å²) in [5.41, 5.74) is 0. The van der Waals surface area contributed by atoms with Crippen LogP contribution in [0, 0.1) is 0 Å². The van der Waals surface area contributed by atoms with E-state index < -0.39 is 0 Å². The summed E-state index contributed by atoms with van der Waals surface area (Å²) in [5.74, 6) is 0. The van der Waals surface area contributed by atoms with Crippen LogP contribution in [0.15, 0.2) is 0 Å². The van der Waals surface area contributed by atoms with Crippen LogP contribution in [-0.4, -0.2) is 37.1 Å². The molecule has 0 aromatic heterocycles. The number of likely N-dealkylation sites (N-methyl/N-ethyl adjacent to an activating group) is 1. The van der Waals surface area contributed by atoms with Crippen molar-refractivity contribution in [1.29, 1.82) is 0 Å². The Bertz CT molecular complexity index is 114. The Labute approximate surface area is 76.3 Å². The van der Waals surface area contributed by atoms with Crippen LogP contribution in [0.3, 0.4) is 0 Å². The van der Waals surface area contributed by atoms with Crippen molar-refractivity contribution >= 4 is 0 Å². The van der Waals surface area contributed by atoms with Crippen LogP contribution < -0.4 is 5.32 Å². The zero-order valence-electron chi connectivity index (χ0n) is 8.47. The first-order valence-electron chi connectivity index (χ1n) is 5.33. The average molecular weight is 170 g/mol. The molecular formula is C10H22N2. The van der Waals surface area contributed by atoms with Crippen LogP contribution in [0.25, 0.3) is 0 Å². The van der Waals surface area contributed by atoms with Crippen molar-refractivity contribution in [3.8, 4) is 0 Å². The van der Waals surface area contributed by atoms with Gasteiger partial charge in [-0.25, -0.2) is 0 Å². The van der Waals surface area contributed by atoms with Gasteiger partial charge in [0.25, 0.3) is 0 Å². The molecule has 1 unspecified atom stereocenters. The van der Waals surface area contributed by atoms with Gasteiger partial charge in [0.1, 0.15) is 0 Å². The number of hydrogen-bond donors (Lipinski definition) is 1. The van der Waals surface area contributed by atoms with E-state index in [-0.39, 0.29) is 0 Å². The predicted molar refractivity (Wildman–Crippen MR) is 53.4 cm³/mol. The van der Waals surface area contributed by atoms with E-state index in [9.17, 15) is 0 Å². The van der Waals surface area contributed by atoms with Crippen molar-refractivity contribution in [1.82, 2.24) is 10.2 Å². The van der Waals surface area contributed by atoms with E-state index >= 15 is 0 Å². The lowest BCUT2D eigenvalue weighted by Gasteiger charge is -2.22. The van der Waals surface area contributed by atoms with Crippen molar-refractivity contribution in [3.05, 3.63) is 0 Å². The lowest BCUT2D eigenvalue weighted by Crippen LogP contribution is -2.35. The van der Waals surface area contributed by atoms with Gasteiger partial charge >= 0.3 is 0 Å². The topological polar surface area (TPSA) is 15.3 Å². The summed E-state index contributed by atoms with van der Waals surface area (Å²) in [5, 5.41) is 3.38. The minimum absolute atomic E-state index is 0.878. The highest BCUT2D eigenvalue weighted by Gasteiger charge is 2.21. The summed E-state index contributed by atoms with van der Waals surface area (Å²) in [7, 11) is 0. The molecule has 1 fully saturated rings. The molecular weight excluding hydrogens is 148 g/mol. The van der Waals surface area contributed by atoms with Crippen molar-refractivity contribution in [2.24, 2.45) is 0 Å². The van der Waals surface area contributed by atoms with E-state index in [1.165, 1.54) is 32.4 Å². The molecule has 1 rings (SSSR count). The van der Waals surface area contributed by atoms with Crippen molar-refractivity contribution < 1.29 is 0 Å². The molecule has 0 aliphatic carbocycles. The van der Waals surface area contributed by atoms with E-state index in [0.29, 0.717) is 0 Å². The largest absolute Gasteiger partial charge is 0.316 e. The molecule has 2 nitrogen and oxygen atoms in total. The lowest BCUT2D eigenvalue weighted by molar-refractivity contribution is 0.249. The van der Waals surface area contributed by atoms with Gasteiger partial charge in [-0.2, -0.15) is 0 Å². The fourth-order valence-corrected chi connectivity index (χ4v) is 2.05. The highest BCUT2D eigenvalue weighted by molar-refractivity contribution is 4.77. The minimum atomic E-state index is 0.878. The van der Waals surface area contributed by atoms with Gasteiger partial charge in [0, 0.05) is 19.1 Å². The van der Waals surface area contributed by atoms with E-state index in [0.717, 1.165) is 19.1 Å². The van der Waals surface area contributed by atoms with Crippen LogP contribution in [0.5, 0.6) is 0 Å². The second-order valence-electron chi connectivity index (χ2n) is 3.59. The number of hydrogen-bond acceptors (Lipinski definition) is 2. The van der Waals surface area contributed by atoms with Crippen LogP contribution in [0.2, 0.25) is 0 Å². The third-order valence-corrected chi connectivity index (χ3v) is 2.80. The first-order valence-corrected chi connectivity index (χ1v) is 5.33. The zero-order chi connectivity index (χ0) is 8.81. The van der Waals surface area contributed by atoms with Crippen LogP contribution in [-0.2, 0) is 0 Å². The normalized spacial score (nSPS) is 25.0. The molecule has 0 aromatic rings. The molecule has 0 spiro atoms. The van der Waals surface area contributed by atoms with Crippen molar-refractivity contribution in [2.45, 2.75) is 39.2 Å². The Balaban J connectivity index is 2.12. The van der Waals surface area contributed by atoms with Gasteiger partial charge in [-0.3, -0.25) is 4.90 Å². The maximum absolute atomic E-state index is 3.38. The molecule has 0 bridgehead atoms. The standard InChI is InChI=1S/C10H22N2/c1-3-10-6-5-8-12(10)9-7-11-4-2/h10-11H,3-9H2,1-2H3. The van der Waals surface area contributed by atoms with Gasteiger partial charge in [-0.1, -0.05) is 13.8 Å². The Morgan fingerprint density at radius 3 is 2.92 bits per heavy atom. The molecule has 1 aliphatic heterocycles. The average Bonchev–Trinajstić information content (AvgIpc) is 2.52. The zero-order valence-corrected chi connectivity index (χ0v) is 8.47. The summed E-state index contributed by atoms with van der Waals surface area (Å²) < 4.78 is 0. The van der Waals surface area contributed by atoms with E-state index in [2.05, 4.69) is 24.1 Å². The van der Waals surface area contributed by atoms with Crippen LogP contribution in [0.4, 0.5) is 0 Å². The van der Waals surface area contributed by atoms with Crippen LogP contribution >= 0.6 is 0 Å². The number of nitrogens with one attached hydrogen (secondary N) is 1. The summed E-state index contributed by atoms with van der Waals surface area (Å²) in [4.78, 5) is 2.63. The molecule has 1 saturated heterocycles. The number of likely N-dealkylation sites (tertiary alicyclic amines) is 1. The van der Waals surface area contributed by atoms with E-state index in [1.54, 1.807) is 0 Å². The highest BCUT2D eigenvalue weighted by Crippen LogP contribution is 2.18. The summed E-state index contributed by atoms with van der Waals surface area (Å²) in [6, 6.07) is 0.878. The predicted octanol–water partition coefficient (Wildman–Crippen LogP) is 1.47. The Morgan fingerprint density at radius 2 is 2.25 bits per heavy atom. The molecule has 0 radical (unpaired) electrons. The summed E-state index contributed by atoms with van der Waals surface area (Å²) >= 11 is 0. The maximum Gasteiger partial charge on any atom is 0.0110 e. The second kappa shape index (κ2) is 5.55. The first-order chi connectivity index (χ1) is 5.88. The molecule has 0 saturated carbocycles. The highest BCUT2D eigenvalue weighted by atomic mass is 15.2. The van der Waals surface area contributed by atoms with Crippen molar-refractivity contribution in [2.75, 3.05) is 26.2 Å². The first kappa shape index (κ1) is 10.0. The monoisotopic (exact) mass is 170 g/mol. The summed E-state index contributed by atoms with van der Waals surface area (Å²) in [6.45, 7) is 9.30. The van der Waals surface area contributed by atoms with E-state index in [4.69, 9.17) is 0 Å². The van der Waals surface area contributed by atoms with E-state index in [1.807, 2.05) is 0 Å². The molecule has 72 valence electrons. The SMILES string of the molecule is CCNCCN1CCCC1CC. The quantitative estimate of drug-likeness (QED) is 0.629. The second-order valence-corrected chi connectivity index (χ2v) is 3.59. The Hall–Kier alpha value is -0.0800. The molecule has 1 heterocycles. The third kappa shape index (κ3) is 2.76. The lowest BCUT2D eigenvalue weighted by atomic mass is 10.2. The van der Waals surface area contributed by atoms with Gasteiger partial charge in [0.15, 0.2) is 0 Å². The molecule has 1 N–H and O–H groups in total. The molecule has 12 heavy (non-hydrogen) atoms. The minimum Gasteiger partial charge on any atom is -0.316 e. The fourth-order valence-electron chi connectivity index (χ4n) is 2.05. The summed E-state index contributed by atoms with van der Waals surface area (Å²) in [6.07, 6.45) is 4.15. The van der Waals surface area contributed by atoms with Gasteiger partial charge in [-0.15, -0.1) is 0 Å². The van der Waals surface area contributed by atoms with Gasteiger partial charge in [0.05, 0.1) is 0 Å².